The molecule has 2 aromatic rings. The largest absolute Gasteiger partial charge is 0.471 e. The Kier molecular flexibility index (Phi) is 5.13. The van der Waals surface area contributed by atoms with Crippen molar-refractivity contribution in [3.8, 4) is 5.88 Å². The van der Waals surface area contributed by atoms with Crippen molar-refractivity contribution in [2.45, 2.75) is 25.6 Å². The van der Waals surface area contributed by atoms with Crippen molar-refractivity contribution < 1.29 is 27.5 Å². The molecule has 1 aromatic heterocycles. The first-order valence-electron chi connectivity index (χ1n) is 9.56. The van der Waals surface area contributed by atoms with E-state index in [2.05, 4.69) is 4.98 Å². The predicted octanol–water partition coefficient (Wildman–Crippen LogP) is 3.05. The molecule has 3 heterocycles. The number of aromatic nitrogens is 1. The zero-order valence-corrected chi connectivity index (χ0v) is 16.2. The van der Waals surface area contributed by atoms with E-state index < -0.39 is 23.8 Å². The fraction of sp³-hybridized carbons (Fsp3) is 0.381. The molecular formula is C21H20F3N3O3. The van der Waals surface area contributed by atoms with Gasteiger partial charge in [0.2, 0.25) is 17.7 Å². The molecule has 30 heavy (non-hydrogen) atoms. The van der Waals surface area contributed by atoms with E-state index in [0.717, 1.165) is 29.6 Å². The van der Waals surface area contributed by atoms with Crippen LogP contribution in [0.4, 0.5) is 18.9 Å². The summed E-state index contributed by atoms with van der Waals surface area (Å²) < 4.78 is 43.8. The summed E-state index contributed by atoms with van der Waals surface area (Å²) in [6, 6.07) is 9.26. The first-order chi connectivity index (χ1) is 14.2. The number of pyridine rings is 1. The van der Waals surface area contributed by atoms with Gasteiger partial charge in [-0.25, -0.2) is 4.98 Å². The summed E-state index contributed by atoms with van der Waals surface area (Å²) in [5, 5.41) is 0. The van der Waals surface area contributed by atoms with Crippen molar-refractivity contribution >= 4 is 17.5 Å². The Labute approximate surface area is 171 Å². The first kappa shape index (κ1) is 20.2. The van der Waals surface area contributed by atoms with E-state index in [9.17, 15) is 22.8 Å². The van der Waals surface area contributed by atoms with Gasteiger partial charge in [0.15, 0.2) is 0 Å². The highest BCUT2D eigenvalue weighted by atomic mass is 19.4. The minimum atomic E-state index is -4.47. The first-order valence-corrected chi connectivity index (χ1v) is 9.56. The van der Waals surface area contributed by atoms with Gasteiger partial charge in [-0.15, -0.1) is 0 Å². The third kappa shape index (κ3) is 4.10. The predicted molar refractivity (Wildman–Crippen MR) is 102 cm³/mol. The number of benzene rings is 1. The second kappa shape index (κ2) is 7.62. The van der Waals surface area contributed by atoms with Crippen LogP contribution in [0.2, 0.25) is 0 Å². The number of anilines is 1. The number of likely N-dealkylation sites (tertiary alicyclic amines) is 1. The van der Waals surface area contributed by atoms with Gasteiger partial charge in [0.1, 0.15) is 6.10 Å². The number of carbonyl (C=O) groups excluding carboxylic acids is 2. The summed E-state index contributed by atoms with van der Waals surface area (Å²) in [5.41, 5.74) is 1.02. The summed E-state index contributed by atoms with van der Waals surface area (Å²) in [4.78, 5) is 32.0. The second-order valence-corrected chi connectivity index (χ2v) is 7.60. The average molecular weight is 419 g/mol. The van der Waals surface area contributed by atoms with E-state index in [0.29, 0.717) is 6.54 Å². The van der Waals surface area contributed by atoms with E-state index in [-0.39, 0.29) is 37.2 Å². The standard InChI is InChI=1S/C21H20F3N3O3/c1-13-2-4-16(5-3-13)27-10-14(8-19(27)28)20(29)26-11-17(12-26)30-18-9-15(6-7-25-18)21(22,23)24/h2-7,9,14,17H,8,10-12H2,1H3. The van der Waals surface area contributed by atoms with Crippen molar-refractivity contribution in [1.29, 1.82) is 0 Å². The Morgan fingerprint density at radius 2 is 1.83 bits per heavy atom. The number of amides is 2. The molecule has 0 aliphatic carbocycles. The SMILES string of the molecule is Cc1ccc(N2CC(C(=O)N3CC(Oc4cc(C(F)(F)F)ccn4)C3)CC2=O)cc1. The number of alkyl halides is 3. The lowest BCUT2D eigenvalue weighted by Crippen LogP contribution is -2.57. The number of rotatable bonds is 4. The molecule has 2 aliphatic heterocycles. The second-order valence-electron chi connectivity index (χ2n) is 7.60. The molecule has 6 nitrogen and oxygen atoms in total. The Morgan fingerprint density at radius 3 is 2.50 bits per heavy atom. The monoisotopic (exact) mass is 419 g/mol. The fourth-order valence-corrected chi connectivity index (χ4v) is 3.62. The highest BCUT2D eigenvalue weighted by molar-refractivity contribution is 6.00. The highest BCUT2D eigenvalue weighted by Crippen LogP contribution is 2.32. The van der Waals surface area contributed by atoms with E-state index in [1.807, 2.05) is 31.2 Å². The summed E-state index contributed by atoms with van der Waals surface area (Å²) >= 11 is 0. The van der Waals surface area contributed by atoms with Crippen molar-refractivity contribution in [1.82, 2.24) is 9.88 Å². The third-order valence-electron chi connectivity index (χ3n) is 5.33. The fourth-order valence-electron chi connectivity index (χ4n) is 3.62. The third-order valence-corrected chi connectivity index (χ3v) is 5.33. The molecule has 0 radical (unpaired) electrons. The zero-order valence-electron chi connectivity index (χ0n) is 16.2. The Bertz CT molecular complexity index is 956. The minimum absolute atomic E-state index is 0.0984. The minimum Gasteiger partial charge on any atom is -0.471 e. The normalized spacial score (nSPS) is 19.7. The van der Waals surface area contributed by atoms with Crippen LogP contribution in [-0.4, -0.2) is 47.4 Å². The molecule has 2 aliphatic rings. The van der Waals surface area contributed by atoms with Crippen LogP contribution in [0.5, 0.6) is 5.88 Å². The van der Waals surface area contributed by atoms with Gasteiger partial charge in [-0.05, 0) is 25.1 Å². The van der Waals surface area contributed by atoms with Gasteiger partial charge in [-0.1, -0.05) is 17.7 Å². The number of halogens is 3. The van der Waals surface area contributed by atoms with E-state index in [1.165, 1.54) is 0 Å². The maximum Gasteiger partial charge on any atom is 0.416 e. The van der Waals surface area contributed by atoms with Crippen LogP contribution in [-0.2, 0) is 15.8 Å². The molecule has 0 saturated carbocycles. The molecule has 2 fully saturated rings. The van der Waals surface area contributed by atoms with Crippen LogP contribution in [0.1, 0.15) is 17.5 Å². The number of aryl methyl sites for hydroxylation is 1. The summed E-state index contributed by atoms with van der Waals surface area (Å²) in [7, 11) is 0. The Hall–Kier alpha value is -3.10. The molecule has 158 valence electrons. The maximum absolute atomic E-state index is 12.8. The molecule has 1 unspecified atom stereocenters. The number of ether oxygens (including phenoxy) is 1. The Morgan fingerprint density at radius 1 is 1.13 bits per heavy atom. The van der Waals surface area contributed by atoms with Gasteiger partial charge in [0, 0.05) is 30.9 Å². The topological polar surface area (TPSA) is 62.7 Å². The lowest BCUT2D eigenvalue weighted by molar-refractivity contribution is -0.144. The molecule has 0 bridgehead atoms. The summed E-state index contributed by atoms with van der Waals surface area (Å²) in [5.74, 6) is -0.802. The summed E-state index contributed by atoms with van der Waals surface area (Å²) in [6.45, 7) is 2.79. The van der Waals surface area contributed by atoms with Crippen LogP contribution in [0.15, 0.2) is 42.6 Å². The molecule has 4 rings (SSSR count). The van der Waals surface area contributed by atoms with Crippen LogP contribution in [0.3, 0.4) is 0 Å². The average Bonchev–Trinajstić information content (AvgIpc) is 3.06. The molecular weight excluding hydrogens is 399 g/mol. The lowest BCUT2D eigenvalue weighted by atomic mass is 10.0. The lowest BCUT2D eigenvalue weighted by Gasteiger charge is -2.39. The van der Waals surface area contributed by atoms with Gasteiger partial charge in [0.05, 0.1) is 24.6 Å². The number of hydrogen-bond acceptors (Lipinski definition) is 4. The van der Waals surface area contributed by atoms with Gasteiger partial charge >= 0.3 is 6.18 Å². The molecule has 2 amide bonds. The smallest absolute Gasteiger partial charge is 0.416 e. The van der Waals surface area contributed by atoms with Gasteiger partial charge in [-0.2, -0.15) is 13.2 Å². The van der Waals surface area contributed by atoms with Crippen LogP contribution < -0.4 is 9.64 Å². The number of carbonyl (C=O) groups is 2. The van der Waals surface area contributed by atoms with Gasteiger partial charge in [0.25, 0.3) is 0 Å². The number of nitrogens with zero attached hydrogens (tertiary/aromatic N) is 3. The van der Waals surface area contributed by atoms with Crippen LogP contribution in [0, 0.1) is 12.8 Å². The van der Waals surface area contributed by atoms with Crippen molar-refractivity contribution in [2.24, 2.45) is 5.92 Å². The van der Waals surface area contributed by atoms with Gasteiger partial charge < -0.3 is 14.5 Å². The zero-order chi connectivity index (χ0) is 21.5. The van der Waals surface area contributed by atoms with Crippen LogP contribution >= 0.6 is 0 Å². The highest BCUT2D eigenvalue weighted by Gasteiger charge is 2.41. The quantitative estimate of drug-likeness (QED) is 0.764. The summed E-state index contributed by atoms with van der Waals surface area (Å²) in [6.07, 6.45) is -3.70. The van der Waals surface area contributed by atoms with Crippen molar-refractivity contribution in [3.63, 3.8) is 0 Å². The number of hydrogen-bond donors (Lipinski definition) is 0. The molecule has 0 N–H and O–H groups in total. The Balaban J connectivity index is 1.31. The molecule has 2 saturated heterocycles. The van der Waals surface area contributed by atoms with E-state index >= 15 is 0 Å². The maximum atomic E-state index is 12.8. The van der Waals surface area contributed by atoms with Crippen molar-refractivity contribution in [3.05, 3.63) is 53.7 Å². The molecule has 9 heteroatoms. The van der Waals surface area contributed by atoms with Gasteiger partial charge in [-0.3, -0.25) is 9.59 Å². The molecule has 0 spiro atoms. The van der Waals surface area contributed by atoms with Crippen LogP contribution in [0.25, 0.3) is 0 Å². The molecule has 1 atom stereocenters. The molecule has 1 aromatic carbocycles. The van der Waals surface area contributed by atoms with Crippen molar-refractivity contribution in [2.75, 3.05) is 24.5 Å². The van der Waals surface area contributed by atoms with E-state index in [1.54, 1.807) is 9.80 Å². The van der Waals surface area contributed by atoms with E-state index in [4.69, 9.17) is 4.74 Å².